The molecule has 0 saturated heterocycles. The van der Waals surface area contributed by atoms with Gasteiger partial charge in [-0.15, -0.1) is 0 Å². The van der Waals surface area contributed by atoms with Crippen LogP contribution in [0.2, 0.25) is 5.15 Å². The molecule has 0 radical (unpaired) electrons. The predicted octanol–water partition coefficient (Wildman–Crippen LogP) is 2.77. The molecule has 0 amide bonds. The van der Waals surface area contributed by atoms with Crippen LogP contribution in [0.25, 0.3) is 11.3 Å². The third kappa shape index (κ3) is 2.21. The molecule has 1 aromatic carbocycles. The van der Waals surface area contributed by atoms with Gasteiger partial charge in [0.05, 0.1) is 6.54 Å². The lowest BCUT2D eigenvalue weighted by molar-refractivity contribution is 0.710. The summed E-state index contributed by atoms with van der Waals surface area (Å²) in [6, 6.07) is 8.14. The second-order valence-electron chi connectivity index (χ2n) is 4.07. The average molecular weight is 250 g/mol. The van der Waals surface area contributed by atoms with E-state index in [2.05, 4.69) is 23.3 Å². The van der Waals surface area contributed by atoms with Gasteiger partial charge in [0.2, 0.25) is 0 Å². The topological polar surface area (TPSA) is 29.9 Å². The zero-order chi connectivity index (χ0) is 12.4. The van der Waals surface area contributed by atoms with Gasteiger partial charge < -0.3 is 9.88 Å². The molecule has 1 N–H and O–H groups in total. The molecule has 90 valence electrons. The average Bonchev–Trinajstić information content (AvgIpc) is 2.59. The first-order chi connectivity index (χ1) is 8.15. The van der Waals surface area contributed by atoms with Crippen LogP contribution in [0.4, 0.5) is 0 Å². The number of aryl methyl sites for hydroxylation is 1. The van der Waals surface area contributed by atoms with Crippen LogP contribution in [-0.4, -0.2) is 16.6 Å². The number of hydrogen-bond donors (Lipinski definition) is 1. The van der Waals surface area contributed by atoms with Crippen molar-refractivity contribution in [2.24, 2.45) is 7.05 Å². The normalized spacial score (nSPS) is 10.8. The van der Waals surface area contributed by atoms with Gasteiger partial charge in [0.1, 0.15) is 16.7 Å². The van der Waals surface area contributed by atoms with E-state index in [1.807, 2.05) is 36.9 Å². The zero-order valence-electron chi connectivity index (χ0n) is 10.3. The minimum Gasteiger partial charge on any atom is -0.321 e. The Morgan fingerprint density at radius 2 is 2.06 bits per heavy atom. The Hall–Kier alpha value is -1.32. The Morgan fingerprint density at radius 3 is 2.71 bits per heavy atom. The van der Waals surface area contributed by atoms with Gasteiger partial charge in [0.15, 0.2) is 0 Å². The summed E-state index contributed by atoms with van der Waals surface area (Å²) in [6.07, 6.45) is 0. The Balaban J connectivity index is 2.53. The summed E-state index contributed by atoms with van der Waals surface area (Å²) in [5.41, 5.74) is 3.14. The van der Waals surface area contributed by atoms with Crippen molar-refractivity contribution in [3.05, 3.63) is 40.8 Å². The van der Waals surface area contributed by atoms with E-state index < -0.39 is 0 Å². The third-order valence-electron chi connectivity index (χ3n) is 2.85. The van der Waals surface area contributed by atoms with E-state index in [0.717, 1.165) is 17.1 Å². The third-order valence-corrected chi connectivity index (χ3v) is 3.29. The molecule has 4 heteroatoms. The highest BCUT2D eigenvalue weighted by Gasteiger charge is 2.15. The highest BCUT2D eigenvalue weighted by Crippen LogP contribution is 2.29. The summed E-state index contributed by atoms with van der Waals surface area (Å²) >= 11 is 6.33. The van der Waals surface area contributed by atoms with Crippen molar-refractivity contribution in [2.45, 2.75) is 13.5 Å². The number of aromatic nitrogens is 2. The van der Waals surface area contributed by atoms with Crippen molar-refractivity contribution in [1.29, 1.82) is 0 Å². The minimum atomic E-state index is 0.685. The van der Waals surface area contributed by atoms with E-state index in [1.165, 1.54) is 5.56 Å². The van der Waals surface area contributed by atoms with E-state index in [0.29, 0.717) is 11.7 Å². The summed E-state index contributed by atoms with van der Waals surface area (Å²) in [5.74, 6) is 0.941. The zero-order valence-corrected chi connectivity index (χ0v) is 11.0. The molecular formula is C13H16ClN3. The van der Waals surface area contributed by atoms with Crippen molar-refractivity contribution in [3.63, 3.8) is 0 Å². The summed E-state index contributed by atoms with van der Waals surface area (Å²) < 4.78 is 1.92. The summed E-state index contributed by atoms with van der Waals surface area (Å²) in [5, 5.41) is 3.77. The van der Waals surface area contributed by atoms with Crippen LogP contribution in [0, 0.1) is 6.92 Å². The Morgan fingerprint density at radius 1 is 1.35 bits per heavy atom. The Kier molecular flexibility index (Phi) is 3.50. The lowest BCUT2D eigenvalue weighted by Gasteiger charge is -2.02. The second kappa shape index (κ2) is 4.90. The first kappa shape index (κ1) is 12.1. The molecule has 3 nitrogen and oxygen atoms in total. The van der Waals surface area contributed by atoms with Gasteiger partial charge in [-0.3, -0.25) is 0 Å². The molecule has 0 fully saturated rings. The first-order valence-electron chi connectivity index (χ1n) is 5.57. The molecule has 0 atom stereocenters. The molecular weight excluding hydrogens is 234 g/mol. The van der Waals surface area contributed by atoms with Crippen molar-refractivity contribution in [3.8, 4) is 11.3 Å². The van der Waals surface area contributed by atoms with Gasteiger partial charge in [0, 0.05) is 12.6 Å². The summed E-state index contributed by atoms with van der Waals surface area (Å²) in [6.45, 7) is 2.78. The van der Waals surface area contributed by atoms with Crippen LogP contribution in [0.3, 0.4) is 0 Å². The fourth-order valence-electron chi connectivity index (χ4n) is 1.85. The first-order valence-corrected chi connectivity index (χ1v) is 5.94. The van der Waals surface area contributed by atoms with Crippen LogP contribution < -0.4 is 5.32 Å². The SMILES string of the molecule is CNCc1nc(-c2ccccc2C)c(Cl)n1C. The summed E-state index contributed by atoms with van der Waals surface area (Å²) in [7, 11) is 3.83. The molecule has 0 saturated carbocycles. The van der Waals surface area contributed by atoms with E-state index >= 15 is 0 Å². The fraction of sp³-hybridized carbons (Fsp3) is 0.308. The van der Waals surface area contributed by atoms with Gasteiger partial charge in [0.25, 0.3) is 0 Å². The molecule has 0 aliphatic carbocycles. The molecule has 1 aromatic heterocycles. The molecule has 0 aliphatic heterocycles. The van der Waals surface area contributed by atoms with Crippen molar-refractivity contribution >= 4 is 11.6 Å². The van der Waals surface area contributed by atoms with Crippen LogP contribution in [0.15, 0.2) is 24.3 Å². The molecule has 0 spiro atoms. The second-order valence-corrected chi connectivity index (χ2v) is 4.43. The van der Waals surface area contributed by atoms with Gasteiger partial charge >= 0.3 is 0 Å². The molecule has 0 bridgehead atoms. The van der Waals surface area contributed by atoms with E-state index in [4.69, 9.17) is 11.6 Å². The Bertz CT molecular complexity index is 531. The predicted molar refractivity (Wildman–Crippen MR) is 71.2 cm³/mol. The maximum atomic E-state index is 6.33. The van der Waals surface area contributed by atoms with Crippen LogP contribution >= 0.6 is 11.6 Å². The number of rotatable bonds is 3. The minimum absolute atomic E-state index is 0.685. The fourth-order valence-corrected chi connectivity index (χ4v) is 2.09. The van der Waals surface area contributed by atoms with Crippen molar-refractivity contribution in [1.82, 2.24) is 14.9 Å². The van der Waals surface area contributed by atoms with Crippen LogP contribution in [-0.2, 0) is 13.6 Å². The number of imidazole rings is 1. The van der Waals surface area contributed by atoms with Gasteiger partial charge in [-0.2, -0.15) is 0 Å². The van der Waals surface area contributed by atoms with Crippen molar-refractivity contribution in [2.75, 3.05) is 7.05 Å². The summed E-state index contributed by atoms with van der Waals surface area (Å²) in [4.78, 5) is 4.60. The number of benzene rings is 1. The van der Waals surface area contributed by atoms with E-state index in [-0.39, 0.29) is 0 Å². The molecule has 2 rings (SSSR count). The van der Waals surface area contributed by atoms with Crippen LogP contribution in [0.5, 0.6) is 0 Å². The number of halogens is 1. The number of nitrogens with zero attached hydrogens (tertiary/aromatic N) is 2. The molecule has 0 unspecified atom stereocenters. The lowest BCUT2D eigenvalue weighted by atomic mass is 10.1. The molecule has 17 heavy (non-hydrogen) atoms. The van der Waals surface area contributed by atoms with Crippen molar-refractivity contribution < 1.29 is 0 Å². The Labute approximate surface area is 106 Å². The smallest absolute Gasteiger partial charge is 0.136 e. The van der Waals surface area contributed by atoms with Gasteiger partial charge in [-0.05, 0) is 19.5 Å². The molecule has 0 aliphatic rings. The number of hydrogen-bond acceptors (Lipinski definition) is 2. The molecule has 1 heterocycles. The monoisotopic (exact) mass is 249 g/mol. The standard InChI is InChI=1S/C13H16ClN3/c1-9-6-4-5-7-10(9)12-13(14)17(3)11(16-12)8-15-2/h4-7,15H,8H2,1-3H3. The highest BCUT2D eigenvalue weighted by atomic mass is 35.5. The largest absolute Gasteiger partial charge is 0.321 e. The van der Waals surface area contributed by atoms with Gasteiger partial charge in [-0.1, -0.05) is 35.9 Å². The van der Waals surface area contributed by atoms with Crippen LogP contribution in [0.1, 0.15) is 11.4 Å². The quantitative estimate of drug-likeness (QED) is 0.907. The lowest BCUT2D eigenvalue weighted by Crippen LogP contribution is -2.10. The maximum Gasteiger partial charge on any atom is 0.136 e. The van der Waals surface area contributed by atoms with E-state index in [9.17, 15) is 0 Å². The maximum absolute atomic E-state index is 6.33. The van der Waals surface area contributed by atoms with E-state index in [1.54, 1.807) is 0 Å². The number of nitrogens with one attached hydrogen (secondary N) is 1. The van der Waals surface area contributed by atoms with Gasteiger partial charge in [-0.25, -0.2) is 4.98 Å². The molecule has 2 aromatic rings. The highest BCUT2D eigenvalue weighted by molar-refractivity contribution is 6.32.